The Hall–Kier alpha value is -2.85. The summed E-state index contributed by atoms with van der Waals surface area (Å²) in [6.07, 6.45) is 2.32. The van der Waals surface area contributed by atoms with Crippen LogP contribution in [0.3, 0.4) is 0 Å². The number of urea groups is 1. The highest BCUT2D eigenvalue weighted by Crippen LogP contribution is 2.43. The molecule has 0 radical (unpaired) electrons. The highest BCUT2D eigenvalue weighted by Gasteiger charge is 2.53. The van der Waals surface area contributed by atoms with Crippen LogP contribution in [0.15, 0.2) is 0 Å². The van der Waals surface area contributed by atoms with Crippen molar-refractivity contribution in [2.45, 2.75) is 58.9 Å². The highest BCUT2D eigenvalue weighted by atomic mass is 16.6. The smallest absolute Gasteiger partial charge is 0.409 e. The summed E-state index contributed by atoms with van der Waals surface area (Å²) in [6.45, 7) is 8.79. The second-order valence-electron chi connectivity index (χ2n) is 10.3. The van der Waals surface area contributed by atoms with Crippen molar-refractivity contribution in [1.29, 1.82) is 0 Å². The predicted molar refractivity (Wildman–Crippen MR) is 121 cm³/mol. The van der Waals surface area contributed by atoms with Crippen LogP contribution in [0.2, 0.25) is 0 Å². The maximum atomic E-state index is 13.0. The van der Waals surface area contributed by atoms with Crippen molar-refractivity contribution in [1.82, 2.24) is 20.0 Å². The maximum absolute atomic E-state index is 13.0. The molecule has 11 heteroatoms. The summed E-state index contributed by atoms with van der Waals surface area (Å²) in [5.41, 5.74) is -0.817. The van der Waals surface area contributed by atoms with E-state index in [0.29, 0.717) is 44.9 Å². The molecule has 1 spiro atoms. The average molecular weight is 481 g/mol. The number of hydrogen-bond acceptors (Lipinski definition) is 7. The summed E-state index contributed by atoms with van der Waals surface area (Å²) in [7, 11) is 0. The van der Waals surface area contributed by atoms with Gasteiger partial charge in [0.15, 0.2) is 6.61 Å². The van der Waals surface area contributed by atoms with Crippen LogP contribution in [0.1, 0.15) is 53.4 Å². The molecule has 0 bridgehead atoms. The number of hydrogen-bond donors (Lipinski definition) is 1. The number of esters is 1. The zero-order valence-corrected chi connectivity index (χ0v) is 20.6. The molecule has 0 atom stereocenters. The molecule has 11 nitrogen and oxygen atoms in total. The van der Waals surface area contributed by atoms with Crippen molar-refractivity contribution in [2.24, 2.45) is 11.3 Å². The molecule has 0 aromatic rings. The number of nitrogens with zero attached hydrogens (tertiary/aromatic N) is 3. The van der Waals surface area contributed by atoms with Gasteiger partial charge in [0.1, 0.15) is 12.1 Å². The van der Waals surface area contributed by atoms with E-state index < -0.39 is 48.6 Å². The molecule has 2 heterocycles. The first-order valence-electron chi connectivity index (χ1n) is 12.0. The lowest BCUT2D eigenvalue weighted by molar-refractivity contribution is -0.154. The molecule has 2 saturated heterocycles. The standard InChI is InChI=1S/C23H36N4O7/c1-5-33-21(32)26-12-10-25(11-13-26)17(28)15-34-18(29)14-27-19(30)23(24-20(27)31)8-6-16(7-9-23)22(2,3)4/h16H,5-15H2,1-4H3,(H,24,31). The minimum Gasteiger partial charge on any atom is -0.454 e. The SMILES string of the molecule is CCOC(=O)N1CCN(C(=O)COC(=O)CN2C(=O)NC3(CCC(C(C)(C)C)CC3)C2=O)CC1. The molecule has 3 fully saturated rings. The fourth-order valence-electron chi connectivity index (χ4n) is 4.90. The predicted octanol–water partition coefficient (Wildman–Crippen LogP) is 1.36. The second-order valence-corrected chi connectivity index (χ2v) is 10.3. The van der Waals surface area contributed by atoms with E-state index in [9.17, 15) is 24.0 Å². The maximum Gasteiger partial charge on any atom is 0.409 e. The molecular weight excluding hydrogens is 444 g/mol. The van der Waals surface area contributed by atoms with Gasteiger partial charge in [-0.2, -0.15) is 0 Å². The van der Waals surface area contributed by atoms with E-state index in [2.05, 4.69) is 26.1 Å². The Morgan fingerprint density at radius 3 is 2.15 bits per heavy atom. The monoisotopic (exact) mass is 480 g/mol. The largest absolute Gasteiger partial charge is 0.454 e. The molecule has 2 aliphatic heterocycles. The Bertz CT molecular complexity index is 822. The molecule has 0 unspecified atom stereocenters. The number of nitrogens with one attached hydrogen (secondary N) is 1. The summed E-state index contributed by atoms with van der Waals surface area (Å²) in [4.78, 5) is 65.8. The third-order valence-corrected chi connectivity index (χ3v) is 7.11. The third-order valence-electron chi connectivity index (χ3n) is 7.11. The Morgan fingerprint density at radius 1 is 1.00 bits per heavy atom. The van der Waals surface area contributed by atoms with E-state index in [4.69, 9.17) is 9.47 Å². The summed E-state index contributed by atoms with van der Waals surface area (Å²) >= 11 is 0. The van der Waals surface area contributed by atoms with Crippen LogP contribution >= 0.6 is 0 Å². The lowest BCUT2D eigenvalue weighted by Gasteiger charge is -2.40. The van der Waals surface area contributed by atoms with Crippen molar-refractivity contribution in [3.63, 3.8) is 0 Å². The van der Waals surface area contributed by atoms with E-state index in [-0.39, 0.29) is 12.0 Å². The van der Waals surface area contributed by atoms with E-state index >= 15 is 0 Å². The van der Waals surface area contributed by atoms with Crippen LogP contribution < -0.4 is 5.32 Å². The normalized spacial score (nSPS) is 25.4. The highest BCUT2D eigenvalue weighted by molar-refractivity contribution is 6.08. The first-order valence-corrected chi connectivity index (χ1v) is 12.0. The molecular formula is C23H36N4O7. The second kappa shape index (κ2) is 10.2. The Balaban J connectivity index is 1.44. The zero-order chi connectivity index (χ0) is 25.1. The van der Waals surface area contributed by atoms with Gasteiger partial charge in [-0.1, -0.05) is 20.8 Å². The number of ether oxygens (including phenoxy) is 2. The van der Waals surface area contributed by atoms with Gasteiger partial charge in [0.05, 0.1) is 6.61 Å². The number of carbonyl (C=O) groups excluding carboxylic acids is 5. The van der Waals surface area contributed by atoms with Gasteiger partial charge in [-0.05, 0) is 43.9 Å². The molecule has 0 aromatic carbocycles. The van der Waals surface area contributed by atoms with Gasteiger partial charge in [0.2, 0.25) is 0 Å². The van der Waals surface area contributed by atoms with Crippen LogP contribution in [-0.4, -0.2) is 96.1 Å². The summed E-state index contributed by atoms with van der Waals surface area (Å²) in [5, 5.41) is 2.80. The molecule has 1 aliphatic carbocycles. The van der Waals surface area contributed by atoms with Crippen molar-refractivity contribution < 1.29 is 33.4 Å². The summed E-state index contributed by atoms with van der Waals surface area (Å²) in [6, 6.07) is -0.599. The lowest BCUT2D eigenvalue weighted by atomic mass is 9.67. The Morgan fingerprint density at radius 2 is 1.59 bits per heavy atom. The van der Waals surface area contributed by atoms with E-state index in [1.807, 2.05) is 0 Å². The molecule has 1 N–H and O–H groups in total. The minimum atomic E-state index is -0.951. The minimum absolute atomic E-state index is 0.134. The first kappa shape index (κ1) is 25.8. The molecule has 1 saturated carbocycles. The lowest BCUT2D eigenvalue weighted by Crippen LogP contribution is -2.51. The Kier molecular flexibility index (Phi) is 7.72. The number of imide groups is 1. The Labute approximate surface area is 200 Å². The van der Waals surface area contributed by atoms with Gasteiger partial charge in [0.25, 0.3) is 11.8 Å². The quantitative estimate of drug-likeness (QED) is 0.465. The van der Waals surface area contributed by atoms with Crippen LogP contribution in [-0.2, 0) is 23.9 Å². The molecule has 3 rings (SSSR count). The number of piperazine rings is 1. The van der Waals surface area contributed by atoms with Gasteiger partial charge in [-0.15, -0.1) is 0 Å². The van der Waals surface area contributed by atoms with Crippen LogP contribution in [0.4, 0.5) is 9.59 Å². The first-order chi connectivity index (χ1) is 16.0. The van der Waals surface area contributed by atoms with Gasteiger partial charge < -0.3 is 24.6 Å². The van der Waals surface area contributed by atoms with Crippen molar-refractivity contribution >= 4 is 29.9 Å². The fraction of sp³-hybridized carbons (Fsp3) is 0.783. The van der Waals surface area contributed by atoms with Crippen molar-refractivity contribution in [3.8, 4) is 0 Å². The molecule has 0 aromatic heterocycles. The van der Waals surface area contributed by atoms with Gasteiger partial charge in [-0.3, -0.25) is 19.3 Å². The summed E-state index contributed by atoms with van der Waals surface area (Å²) in [5.74, 6) is -1.15. The van der Waals surface area contributed by atoms with Crippen LogP contribution in [0.5, 0.6) is 0 Å². The number of carbonyl (C=O) groups is 5. The van der Waals surface area contributed by atoms with Crippen molar-refractivity contribution in [3.05, 3.63) is 0 Å². The van der Waals surface area contributed by atoms with Gasteiger partial charge >= 0.3 is 18.1 Å². The fourth-order valence-corrected chi connectivity index (χ4v) is 4.90. The van der Waals surface area contributed by atoms with E-state index in [0.717, 1.165) is 17.7 Å². The average Bonchev–Trinajstić information content (AvgIpc) is 3.01. The van der Waals surface area contributed by atoms with Gasteiger partial charge in [-0.25, -0.2) is 9.59 Å². The zero-order valence-electron chi connectivity index (χ0n) is 20.6. The molecule has 3 aliphatic rings. The topological polar surface area (TPSA) is 126 Å². The van der Waals surface area contributed by atoms with Crippen LogP contribution in [0, 0.1) is 11.3 Å². The van der Waals surface area contributed by atoms with E-state index in [1.165, 1.54) is 9.80 Å². The third kappa shape index (κ3) is 5.61. The molecule has 190 valence electrons. The molecule has 34 heavy (non-hydrogen) atoms. The summed E-state index contributed by atoms with van der Waals surface area (Å²) < 4.78 is 10.0. The molecule has 5 amide bonds. The van der Waals surface area contributed by atoms with Gasteiger partial charge in [0, 0.05) is 26.2 Å². The number of amides is 5. The van der Waals surface area contributed by atoms with Crippen molar-refractivity contribution in [2.75, 3.05) is 45.9 Å². The van der Waals surface area contributed by atoms with Crippen LogP contribution in [0.25, 0.3) is 0 Å². The van der Waals surface area contributed by atoms with E-state index in [1.54, 1.807) is 6.92 Å². The number of rotatable bonds is 5.